The van der Waals surface area contributed by atoms with Gasteiger partial charge in [-0.2, -0.15) is 0 Å². The van der Waals surface area contributed by atoms with Crippen molar-refractivity contribution in [3.8, 4) is 0 Å². The van der Waals surface area contributed by atoms with Crippen LogP contribution in [0.15, 0.2) is 0 Å². The molecular formula is C8H16. The van der Waals surface area contributed by atoms with Gasteiger partial charge in [0.05, 0.1) is 0 Å². The third-order valence-corrected chi connectivity index (χ3v) is 2.13. The van der Waals surface area contributed by atoms with Crippen molar-refractivity contribution >= 4 is 0 Å². The predicted molar refractivity (Wildman–Crippen MR) is 36.9 cm³/mol. The van der Waals surface area contributed by atoms with Crippen LogP contribution >= 0.6 is 0 Å². The molecule has 1 rings (SSSR count). The van der Waals surface area contributed by atoms with Gasteiger partial charge in [0.15, 0.2) is 0 Å². The van der Waals surface area contributed by atoms with Crippen LogP contribution in [-0.4, -0.2) is 0 Å². The van der Waals surface area contributed by atoms with E-state index >= 15 is 0 Å². The third-order valence-electron chi connectivity index (χ3n) is 2.13. The molecule has 0 nitrogen and oxygen atoms in total. The van der Waals surface area contributed by atoms with Crippen LogP contribution in [0.3, 0.4) is 0 Å². The maximum Gasteiger partial charge on any atom is 0.0230 e. The first-order valence-electron chi connectivity index (χ1n) is 4.43. The lowest BCUT2D eigenvalue weighted by Gasteiger charge is -2.18. The third kappa shape index (κ3) is 1.50. The highest BCUT2D eigenvalue weighted by atomic mass is 14.2. The molecule has 1 aliphatic carbocycles. The summed E-state index contributed by atoms with van der Waals surface area (Å²) in [5.41, 5.74) is 0. The van der Waals surface area contributed by atoms with Gasteiger partial charge in [0.1, 0.15) is 0 Å². The molecule has 0 aromatic heterocycles. The van der Waals surface area contributed by atoms with Gasteiger partial charge >= 0.3 is 0 Å². The summed E-state index contributed by atoms with van der Waals surface area (Å²) in [4.78, 5) is 0. The smallest absolute Gasteiger partial charge is 0.0230 e. The summed E-state index contributed by atoms with van der Waals surface area (Å²) in [5, 5.41) is 0. The maximum absolute atomic E-state index is 7.04. The summed E-state index contributed by atoms with van der Waals surface area (Å²) in [6, 6.07) is 0. The largest absolute Gasteiger partial charge is 0.0651 e. The van der Waals surface area contributed by atoms with Gasteiger partial charge in [-0.25, -0.2) is 0 Å². The van der Waals surface area contributed by atoms with Crippen LogP contribution in [0, 0.1) is 5.92 Å². The van der Waals surface area contributed by atoms with Gasteiger partial charge in [-0.1, -0.05) is 45.4 Å². The Hall–Kier alpha value is 0. The van der Waals surface area contributed by atoms with Gasteiger partial charge in [-0.3, -0.25) is 0 Å². The molecule has 0 unspecified atom stereocenters. The van der Waals surface area contributed by atoms with Crippen molar-refractivity contribution in [1.29, 1.82) is 0 Å². The van der Waals surface area contributed by atoms with Gasteiger partial charge in [-0.15, -0.1) is 0 Å². The molecule has 0 amide bonds. The molecule has 0 heteroatoms. The van der Waals surface area contributed by atoms with E-state index in [9.17, 15) is 0 Å². The Morgan fingerprint density at radius 1 is 1.38 bits per heavy atom. The average molecular weight is 113 g/mol. The topological polar surface area (TPSA) is 0 Å². The second kappa shape index (κ2) is 3.11. The first-order chi connectivity index (χ1) is 4.43. The van der Waals surface area contributed by atoms with Crippen molar-refractivity contribution in [2.75, 3.05) is 0 Å². The molecule has 0 heterocycles. The fraction of sp³-hybridized carbons (Fsp3) is 1.00. The van der Waals surface area contributed by atoms with Crippen molar-refractivity contribution in [3.05, 3.63) is 0 Å². The van der Waals surface area contributed by atoms with Crippen LogP contribution in [-0.2, 0) is 0 Å². The summed E-state index contributed by atoms with van der Waals surface area (Å²) >= 11 is 0. The Morgan fingerprint density at radius 2 is 2.12 bits per heavy atom. The minimum absolute atomic E-state index is 0.644. The Bertz CT molecular complexity index is 62.2. The van der Waals surface area contributed by atoms with E-state index in [2.05, 4.69) is 0 Å². The van der Waals surface area contributed by atoms with E-state index in [1.807, 2.05) is 0 Å². The van der Waals surface area contributed by atoms with E-state index in [0.29, 0.717) is 6.90 Å². The first-order valence-corrected chi connectivity index (χ1v) is 3.72. The zero-order valence-electron chi connectivity index (χ0n) is 6.53. The zero-order valence-corrected chi connectivity index (χ0v) is 5.53. The van der Waals surface area contributed by atoms with E-state index in [1.54, 1.807) is 0 Å². The van der Waals surface area contributed by atoms with Gasteiger partial charge in [0, 0.05) is 1.37 Å². The molecule has 0 N–H and O–H groups in total. The summed E-state index contributed by atoms with van der Waals surface area (Å²) in [7, 11) is 0. The maximum atomic E-state index is 7.04. The van der Waals surface area contributed by atoms with Crippen LogP contribution in [0.5, 0.6) is 0 Å². The highest BCUT2D eigenvalue weighted by molar-refractivity contribution is 4.63. The van der Waals surface area contributed by atoms with Gasteiger partial charge < -0.3 is 0 Å². The van der Waals surface area contributed by atoms with Crippen LogP contribution < -0.4 is 0 Å². The highest BCUT2D eigenvalue weighted by Crippen LogP contribution is 2.25. The average Bonchev–Trinajstić information content (AvgIpc) is 1.91. The van der Waals surface area contributed by atoms with E-state index in [4.69, 9.17) is 1.37 Å². The molecule has 0 bridgehead atoms. The minimum atomic E-state index is 0.644. The number of hydrogen-bond acceptors (Lipinski definition) is 0. The van der Waals surface area contributed by atoms with Crippen molar-refractivity contribution in [2.24, 2.45) is 5.92 Å². The fourth-order valence-electron chi connectivity index (χ4n) is 1.48. The molecule has 0 aromatic rings. The van der Waals surface area contributed by atoms with Crippen LogP contribution in [0.4, 0.5) is 0 Å². The molecular weight excluding hydrogens is 96.1 g/mol. The van der Waals surface area contributed by atoms with E-state index in [-0.39, 0.29) is 0 Å². The summed E-state index contributed by atoms with van der Waals surface area (Å²) in [5.74, 6) is 0.913. The minimum Gasteiger partial charge on any atom is -0.0651 e. The SMILES string of the molecule is [2H]CCC1CCCCC1. The van der Waals surface area contributed by atoms with Crippen molar-refractivity contribution in [1.82, 2.24) is 0 Å². The molecule has 0 aromatic carbocycles. The Morgan fingerprint density at radius 3 is 2.75 bits per heavy atom. The molecule has 0 radical (unpaired) electrons. The molecule has 48 valence electrons. The molecule has 1 saturated carbocycles. The summed E-state index contributed by atoms with van der Waals surface area (Å²) < 4.78 is 7.04. The Balaban J connectivity index is 2.08. The zero-order chi connectivity index (χ0) is 6.53. The van der Waals surface area contributed by atoms with Crippen LogP contribution in [0.1, 0.15) is 46.8 Å². The van der Waals surface area contributed by atoms with Crippen LogP contribution in [0.25, 0.3) is 0 Å². The summed E-state index contributed by atoms with van der Waals surface area (Å²) in [6.07, 6.45) is 8.24. The van der Waals surface area contributed by atoms with Crippen LogP contribution in [0.2, 0.25) is 0 Å². The van der Waals surface area contributed by atoms with Crippen molar-refractivity contribution in [3.63, 3.8) is 0 Å². The normalized spacial score (nSPS) is 25.2. The number of hydrogen-bond donors (Lipinski definition) is 0. The lowest BCUT2D eigenvalue weighted by atomic mass is 9.88. The number of rotatable bonds is 1. The van der Waals surface area contributed by atoms with E-state index < -0.39 is 0 Å². The summed E-state index contributed by atoms with van der Waals surface area (Å²) in [6.45, 7) is 0.644. The lowest BCUT2D eigenvalue weighted by molar-refractivity contribution is 0.349. The van der Waals surface area contributed by atoms with Crippen molar-refractivity contribution in [2.45, 2.75) is 45.4 Å². The molecule has 0 aliphatic heterocycles. The second-order valence-electron chi connectivity index (χ2n) is 2.79. The quantitative estimate of drug-likeness (QED) is 0.490. The molecule has 0 atom stereocenters. The lowest BCUT2D eigenvalue weighted by Crippen LogP contribution is -2.03. The molecule has 1 fully saturated rings. The van der Waals surface area contributed by atoms with Gasteiger partial charge in [0.2, 0.25) is 0 Å². The molecule has 8 heavy (non-hydrogen) atoms. The Labute approximate surface area is 53.7 Å². The first kappa shape index (κ1) is 4.84. The van der Waals surface area contributed by atoms with Gasteiger partial charge in [0.25, 0.3) is 0 Å². The predicted octanol–water partition coefficient (Wildman–Crippen LogP) is 2.98. The second-order valence-corrected chi connectivity index (χ2v) is 2.79. The van der Waals surface area contributed by atoms with Gasteiger partial charge in [-0.05, 0) is 5.92 Å². The molecule has 1 aliphatic rings. The Kier molecular flexibility index (Phi) is 1.88. The van der Waals surface area contributed by atoms with E-state index in [0.717, 1.165) is 12.3 Å². The van der Waals surface area contributed by atoms with E-state index in [1.165, 1.54) is 32.1 Å². The monoisotopic (exact) mass is 113 g/mol. The standard InChI is InChI=1S/C8H16/c1-2-8-6-4-3-5-7-8/h8H,2-7H2,1H3/i1D. The molecule has 0 spiro atoms. The highest BCUT2D eigenvalue weighted by Gasteiger charge is 2.09. The fourth-order valence-corrected chi connectivity index (χ4v) is 1.48. The van der Waals surface area contributed by atoms with Crippen molar-refractivity contribution < 1.29 is 1.37 Å². The molecule has 0 saturated heterocycles.